The molecule has 96 valence electrons. The van der Waals surface area contributed by atoms with Crippen LogP contribution in [0.3, 0.4) is 0 Å². The van der Waals surface area contributed by atoms with Crippen molar-refractivity contribution in [2.24, 2.45) is 11.1 Å². The number of carbonyl (C=O) groups is 1. The highest BCUT2D eigenvalue weighted by Gasteiger charge is 2.36. The van der Waals surface area contributed by atoms with Crippen LogP contribution in [0, 0.1) is 11.2 Å². The molecule has 0 saturated carbocycles. The van der Waals surface area contributed by atoms with Crippen molar-refractivity contribution in [2.75, 3.05) is 7.11 Å². The maximum Gasteiger partial charge on any atom is 0.313 e. The Hall–Kier alpha value is -1.13. The lowest BCUT2D eigenvalue weighted by Crippen LogP contribution is -2.37. The van der Waals surface area contributed by atoms with Crippen molar-refractivity contribution in [2.45, 2.75) is 19.9 Å². The van der Waals surface area contributed by atoms with E-state index in [9.17, 15) is 9.18 Å². The zero-order chi connectivity index (χ0) is 12.3. The largest absolute Gasteiger partial charge is 0.469 e. The minimum atomic E-state index is -0.841. The predicted octanol–water partition coefficient (Wildman–Crippen LogP) is 2.45. The molecule has 0 heterocycles. The molecule has 0 fully saturated rings. The summed E-state index contributed by atoms with van der Waals surface area (Å²) in [6.45, 7) is 3.40. The van der Waals surface area contributed by atoms with Crippen LogP contribution in [0.5, 0.6) is 0 Å². The molecule has 5 heteroatoms. The van der Waals surface area contributed by atoms with Gasteiger partial charge in [-0.3, -0.25) is 4.79 Å². The molecule has 0 saturated heterocycles. The second kappa shape index (κ2) is 5.98. The number of carbonyl (C=O) groups excluding carboxylic acids is 1. The van der Waals surface area contributed by atoms with E-state index in [0.717, 1.165) is 0 Å². The number of rotatable bonds is 3. The Labute approximate surface area is 107 Å². The first-order valence-electron chi connectivity index (χ1n) is 4.99. The Morgan fingerprint density at radius 1 is 1.35 bits per heavy atom. The summed E-state index contributed by atoms with van der Waals surface area (Å²) >= 11 is 0. The highest BCUT2D eigenvalue weighted by atomic mass is 35.5. The lowest BCUT2D eigenvalue weighted by Gasteiger charge is -2.28. The second-order valence-corrected chi connectivity index (χ2v) is 4.24. The van der Waals surface area contributed by atoms with Crippen molar-refractivity contribution in [3.05, 3.63) is 35.6 Å². The molecule has 1 aromatic carbocycles. The van der Waals surface area contributed by atoms with Crippen molar-refractivity contribution >= 4 is 18.4 Å². The van der Waals surface area contributed by atoms with Crippen LogP contribution in [0.4, 0.5) is 4.39 Å². The number of halogens is 2. The molecule has 0 aliphatic rings. The maximum atomic E-state index is 12.7. The van der Waals surface area contributed by atoms with Crippen LogP contribution in [0.1, 0.15) is 25.5 Å². The molecule has 1 atom stereocenters. The van der Waals surface area contributed by atoms with Gasteiger partial charge in [-0.2, -0.15) is 0 Å². The van der Waals surface area contributed by atoms with Gasteiger partial charge in [0.1, 0.15) is 5.82 Å². The van der Waals surface area contributed by atoms with Crippen molar-refractivity contribution in [3.8, 4) is 0 Å². The van der Waals surface area contributed by atoms with E-state index < -0.39 is 11.5 Å². The average Bonchev–Trinajstić information content (AvgIpc) is 2.28. The normalized spacial score (nSPS) is 12.5. The number of ether oxygens (including phenoxy) is 1. The van der Waals surface area contributed by atoms with Crippen LogP contribution in [-0.2, 0) is 9.53 Å². The maximum absolute atomic E-state index is 12.7. The highest BCUT2D eigenvalue weighted by molar-refractivity contribution is 5.85. The third-order valence-corrected chi connectivity index (χ3v) is 2.72. The first-order valence-corrected chi connectivity index (χ1v) is 4.99. The molecule has 0 bridgehead atoms. The number of hydrogen-bond donors (Lipinski definition) is 1. The van der Waals surface area contributed by atoms with Crippen LogP contribution in [0.15, 0.2) is 24.3 Å². The summed E-state index contributed by atoms with van der Waals surface area (Å²) in [6.07, 6.45) is 0. The molecule has 0 aliphatic heterocycles. The van der Waals surface area contributed by atoms with Gasteiger partial charge in [0.15, 0.2) is 0 Å². The fourth-order valence-corrected chi connectivity index (χ4v) is 1.48. The Morgan fingerprint density at radius 3 is 2.24 bits per heavy atom. The minimum Gasteiger partial charge on any atom is -0.469 e. The molecular formula is C12H17ClFNO2. The van der Waals surface area contributed by atoms with E-state index in [2.05, 4.69) is 4.74 Å². The second-order valence-electron chi connectivity index (χ2n) is 4.24. The minimum absolute atomic E-state index is 0. The number of methoxy groups -OCH3 is 1. The summed E-state index contributed by atoms with van der Waals surface area (Å²) in [5, 5.41) is 0. The zero-order valence-electron chi connectivity index (χ0n) is 10.1. The zero-order valence-corrected chi connectivity index (χ0v) is 10.9. The standard InChI is InChI=1S/C12H16FNO2.ClH/c1-12(2,11(15)16-3)10(14)8-4-6-9(13)7-5-8;/h4-7,10H,14H2,1-3H3;1H/t10-;/m1./s1. The molecule has 0 amide bonds. The Kier molecular flexibility index (Phi) is 5.58. The summed E-state index contributed by atoms with van der Waals surface area (Å²) in [4.78, 5) is 11.5. The number of nitrogens with two attached hydrogens (primary N) is 1. The average molecular weight is 262 g/mol. The Balaban J connectivity index is 0.00000256. The van der Waals surface area contributed by atoms with Gasteiger partial charge >= 0.3 is 5.97 Å². The topological polar surface area (TPSA) is 52.3 Å². The fraction of sp³-hybridized carbons (Fsp3) is 0.417. The molecule has 0 unspecified atom stereocenters. The van der Waals surface area contributed by atoms with E-state index in [1.165, 1.54) is 19.2 Å². The summed E-state index contributed by atoms with van der Waals surface area (Å²) < 4.78 is 17.4. The first kappa shape index (κ1) is 15.9. The Bertz CT molecular complexity index is 379. The van der Waals surface area contributed by atoms with E-state index in [4.69, 9.17) is 5.73 Å². The van der Waals surface area contributed by atoms with E-state index >= 15 is 0 Å². The summed E-state index contributed by atoms with van der Waals surface area (Å²) in [5.41, 5.74) is 5.84. The molecule has 1 aromatic rings. The monoisotopic (exact) mass is 261 g/mol. The summed E-state index contributed by atoms with van der Waals surface area (Å²) in [5.74, 6) is -0.712. The third-order valence-electron chi connectivity index (χ3n) is 2.72. The quantitative estimate of drug-likeness (QED) is 0.851. The Morgan fingerprint density at radius 2 is 1.82 bits per heavy atom. The number of hydrogen-bond acceptors (Lipinski definition) is 3. The molecule has 2 N–H and O–H groups in total. The van der Waals surface area contributed by atoms with E-state index in [-0.39, 0.29) is 24.2 Å². The highest BCUT2D eigenvalue weighted by Crippen LogP contribution is 2.32. The molecular weight excluding hydrogens is 245 g/mol. The lowest BCUT2D eigenvalue weighted by atomic mass is 9.81. The molecule has 0 aliphatic carbocycles. The number of esters is 1. The molecule has 0 spiro atoms. The molecule has 17 heavy (non-hydrogen) atoms. The summed E-state index contributed by atoms with van der Waals surface area (Å²) in [7, 11) is 1.32. The molecule has 0 radical (unpaired) electrons. The molecule has 0 aromatic heterocycles. The molecule has 3 nitrogen and oxygen atoms in total. The van der Waals surface area contributed by atoms with Gasteiger partial charge in [0.05, 0.1) is 12.5 Å². The van der Waals surface area contributed by atoms with Gasteiger partial charge in [0.25, 0.3) is 0 Å². The van der Waals surface area contributed by atoms with Crippen LogP contribution < -0.4 is 5.73 Å². The van der Waals surface area contributed by atoms with Crippen LogP contribution in [0.25, 0.3) is 0 Å². The van der Waals surface area contributed by atoms with Crippen molar-refractivity contribution < 1.29 is 13.9 Å². The fourth-order valence-electron chi connectivity index (χ4n) is 1.48. The van der Waals surface area contributed by atoms with Gasteiger partial charge in [-0.25, -0.2) is 4.39 Å². The van der Waals surface area contributed by atoms with Gasteiger partial charge in [-0.05, 0) is 31.5 Å². The first-order chi connectivity index (χ1) is 7.39. The SMILES string of the molecule is COC(=O)C(C)(C)[C@H](N)c1ccc(F)cc1.Cl. The van der Waals surface area contributed by atoms with E-state index in [0.29, 0.717) is 5.56 Å². The van der Waals surface area contributed by atoms with Gasteiger partial charge in [0.2, 0.25) is 0 Å². The van der Waals surface area contributed by atoms with Gasteiger partial charge in [0, 0.05) is 6.04 Å². The van der Waals surface area contributed by atoms with E-state index in [1.807, 2.05) is 0 Å². The third kappa shape index (κ3) is 3.41. The van der Waals surface area contributed by atoms with Crippen LogP contribution >= 0.6 is 12.4 Å². The smallest absolute Gasteiger partial charge is 0.313 e. The van der Waals surface area contributed by atoms with Gasteiger partial charge in [-0.15, -0.1) is 12.4 Å². The lowest BCUT2D eigenvalue weighted by molar-refractivity contribution is -0.152. The van der Waals surface area contributed by atoms with Crippen molar-refractivity contribution in [1.82, 2.24) is 0 Å². The summed E-state index contributed by atoms with van der Waals surface area (Å²) in [6, 6.07) is 5.26. The molecule has 1 rings (SSSR count). The van der Waals surface area contributed by atoms with Crippen LogP contribution in [-0.4, -0.2) is 13.1 Å². The number of benzene rings is 1. The van der Waals surface area contributed by atoms with Crippen LogP contribution in [0.2, 0.25) is 0 Å². The van der Waals surface area contributed by atoms with Crippen molar-refractivity contribution in [3.63, 3.8) is 0 Å². The van der Waals surface area contributed by atoms with Crippen molar-refractivity contribution in [1.29, 1.82) is 0 Å². The van der Waals surface area contributed by atoms with Gasteiger partial charge in [-0.1, -0.05) is 12.1 Å². The van der Waals surface area contributed by atoms with Gasteiger partial charge < -0.3 is 10.5 Å². The van der Waals surface area contributed by atoms with E-state index in [1.54, 1.807) is 26.0 Å². The predicted molar refractivity (Wildman–Crippen MR) is 66.4 cm³/mol.